The molecule has 6 nitrogen and oxygen atoms in total. The van der Waals surface area contributed by atoms with Crippen molar-refractivity contribution < 1.29 is 13.5 Å². The van der Waals surface area contributed by atoms with E-state index in [9.17, 15) is 8.42 Å². The Balaban J connectivity index is 2.15. The van der Waals surface area contributed by atoms with E-state index in [1.165, 1.54) is 18.3 Å². The average molecular weight is 309 g/mol. The fourth-order valence-electron chi connectivity index (χ4n) is 1.34. The second-order valence-electron chi connectivity index (χ2n) is 3.69. The summed E-state index contributed by atoms with van der Waals surface area (Å²) in [6, 6.07) is 6.17. The first kappa shape index (κ1) is 14.5. The van der Waals surface area contributed by atoms with Gasteiger partial charge in [-0.1, -0.05) is 16.3 Å². The number of anilines is 1. The van der Waals surface area contributed by atoms with E-state index in [1.54, 1.807) is 12.1 Å². The molecule has 1 aromatic carbocycles. The minimum absolute atomic E-state index is 0.00622. The van der Waals surface area contributed by atoms with Gasteiger partial charge in [0.15, 0.2) is 0 Å². The van der Waals surface area contributed by atoms with Gasteiger partial charge in [-0.15, -0.1) is 5.10 Å². The molecule has 0 spiro atoms. The maximum Gasteiger partial charge on any atom is 0.262 e. The van der Waals surface area contributed by atoms with Gasteiger partial charge < -0.3 is 5.11 Å². The van der Waals surface area contributed by atoms with Crippen molar-refractivity contribution >= 4 is 26.6 Å². The van der Waals surface area contributed by atoms with Crippen molar-refractivity contribution in [3.63, 3.8) is 0 Å². The van der Waals surface area contributed by atoms with Crippen molar-refractivity contribution in [2.24, 2.45) is 0 Å². The van der Waals surface area contributed by atoms with Gasteiger partial charge in [0.25, 0.3) is 10.0 Å². The summed E-state index contributed by atoms with van der Waals surface area (Å²) in [4.78, 5) is 0.138. The van der Waals surface area contributed by atoms with Crippen LogP contribution in [-0.2, 0) is 10.0 Å². The standard InChI is InChI=1S/C12H11N3O3S2/c16-8-2-1-3-10-4-6-11(7-5-10)20(17,18)14-12-9-13-15-19-12/h4-7,9,14,16H,2,8H2. The van der Waals surface area contributed by atoms with Gasteiger partial charge in [-0.25, -0.2) is 8.42 Å². The smallest absolute Gasteiger partial charge is 0.262 e. The first-order valence-electron chi connectivity index (χ1n) is 5.62. The van der Waals surface area contributed by atoms with Crippen LogP contribution in [0.1, 0.15) is 12.0 Å². The zero-order chi connectivity index (χ0) is 14.4. The van der Waals surface area contributed by atoms with Crippen molar-refractivity contribution in [3.05, 3.63) is 36.0 Å². The summed E-state index contributed by atoms with van der Waals surface area (Å²) in [5, 5.41) is 12.5. The Morgan fingerprint density at radius 1 is 1.30 bits per heavy atom. The molecule has 0 saturated carbocycles. The number of aliphatic hydroxyl groups excluding tert-OH is 1. The summed E-state index contributed by atoms with van der Waals surface area (Å²) < 4.78 is 30.0. The second-order valence-corrected chi connectivity index (χ2v) is 6.16. The Bertz CT molecular complexity index is 714. The number of rotatable bonds is 4. The lowest BCUT2D eigenvalue weighted by Crippen LogP contribution is -2.11. The van der Waals surface area contributed by atoms with Crippen LogP contribution in [0.4, 0.5) is 5.00 Å². The van der Waals surface area contributed by atoms with Gasteiger partial charge in [-0.2, -0.15) is 0 Å². The predicted octanol–water partition coefficient (Wildman–Crippen LogP) is 1.07. The Morgan fingerprint density at radius 3 is 2.65 bits per heavy atom. The number of nitrogens with one attached hydrogen (secondary N) is 1. The summed E-state index contributed by atoms with van der Waals surface area (Å²) in [5.41, 5.74) is 0.692. The van der Waals surface area contributed by atoms with Crippen molar-refractivity contribution in [3.8, 4) is 11.8 Å². The van der Waals surface area contributed by atoms with Crippen LogP contribution < -0.4 is 4.72 Å². The minimum Gasteiger partial charge on any atom is -0.395 e. The molecule has 0 bridgehead atoms. The van der Waals surface area contributed by atoms with Crippen molar-refractivity contribution in [2.45, 2.75) is 11.3 Å². The monoisotopic (exact) mass is 309 g/mol. The number of aromatic nitrogens is 2. The van der Waals surface area contributed by atoms with E-state index in [0.717, 1.165) is 11.5 Å². The highest BCUT2D eigenvalue weighted by Gasteiger charge is 2.14. The highest BCUT2D eigenvalue weighted by atomic mass is 32.2. The van der Waals surface area contributed by atoms with E-state index in [4.69, 9.17) is 5.11 Å². The van der Waals surface area contributed by atoms with Gasteiger partial charge in [0.1, 0.15) is 5.00 Å². The van der Waals surface area contributed by atoms with Crippen LogP contribution in [0.25, 0.3) is 0 Å². The summed E-state index contributed by atoms with van der Waals surface area (Å²) >= 11 is 0.964. The van der Waals surface area contributed by atoms with Gasteiger partial charge in [-0.3, -0.25) is 4.72 Å². The van der Waals surface area contributed by atoms with Gasteiger partial charge in [0.05, 0.1) is 17.7 Å². The zero-order valence-corrected chi connectivity index (χ0v) is 11.9. The number of aliphatic hydroxyl groups is 1. The molecule has 1 heterocycles. The molecule has 0 atom stereocenters. The molecule has 0 radical (unpaired) electrons. The summed E-state index contributed by atoms with van der Waals surface area (Å²) in [7, 11) is -3.63. The van der Waals surface area contributed by atoms with E-state index in [0.29, 0.717) is 17.0 Å². The number of hydrogen-bond acceptors (Lipinski definition) is 6. The molecular weight excluding hydrogens is 298 g/mol. The molecule has 2 aromatic rings. The van der Waals surface area contributed by atoms with Crippen molar-refractivity contribution in [2.75, 3.05) is 11.3 Å². The predicted molar refractivity (Wildman–Crippen MR) is 75.7 cm³/mol. The van der Waals surface area contributed by atoms with Gasteiger partial charge in [0, 0.05) is 23.5 Å². The lowest BCUT2D eigenvalue weighted by atomic mass is 10.2. The highest BCUT2D eigenvalue weighted by molar-refractivity contribution is 7.93. The van der Waals surface area contributed by atoms with Crippen LogP contribution in [0.2, 0.25) is 0 Å². The Kier molecular flexibility index (Phi) is 4.68. The molecule has 8 heteroatoms. The lowest BCUT2D eigenvalue weighted by Gasteiger charge is -2.04. The van der Waals surface area contributed by atoms with Crippen molar-refractivity contribution in [1.29, 1.82) is 0 Å². The van der Waals surface area contributed by atoms with Gasteiger partial charge in [-0.05, 0) is 24.3 Å². The third-order valence-electron chi connectivity index (χ3n) is 2.23. The molecular formula is C12H11N3O3S2. The molecule has 2 rings (SSSR count). The van der Waals surface area contributed by atoms with E-state index >= 15 is 0 Å². The summed E-state index contributed by atoms with van der Waals surface area (Å²) in [6.07, 6.45) is 1.73. The lowest BCUT2D eigenvalue weighted by molar-refractivity contribution is 0.305. The van der Waals surface area contributed by atoms with Crippen LogP contribution in [0, 0.1) is 11.8 Å². The fraction of sp³-hybridized carbons (Fsp3) is 0.167. The molecule has 1 aromatic heterocycles. The van der Waals surface area contributed by atoms with Gasteiger partial charge >= 0.3 is 0 Å². The molecule has 104 valence electrons. The number of hydrogen-bond donors (Lipinski definition) is 2. The minimum atomic E-state index is -3.63. The van der Waals surface area contributed by atoms with Crippen LogP contribution in [0.5, 0.6) is 0 Å². The van der Waals surface area contributed by atoms with E-state index in [2.05, 4.69) is 26.1 Å². The number of sulfonamides is 1. The summed E-state index contributed by atoms with van der Waals surface area (Å²) in [6.45, 7) is 0.00622. The third-order valence-corrected chi connectivity index (χ3v) is 4.32. The second kappa shape index (κ2) is 6.47. The van der Waals surface area contributed by atoms with Crippen molar-refractivity contribution in [1.82, 2.24) is 9.59 Å². The molecule has 0 aliphatic carbocycles. The molecule has 0 unspecified atom stereocenters. The van der Waals surface area contributed by atoms with E-state index < -0.39 is 10.0 Å². The first-order chi connectivity index (χ1) is 9.62. The normalized spacial score (nSPS) is 10.7. The van der Waals surface area contributed by atoms with Crippen LogP contribution >= 0.6 is 11.5 Å². The largest absolute Gasteiger partial charge is 0.395 e. The van der Waals surface area contributed by atoms with Crippen LogP contribution in [-0.4, -0.2) is 29.7 Å². The van der Waals surface area contributed by atoms with Gasteiger partial charge in [0.2, 0.25) is 0 Å². The zero-order valence-electron chi connectivity index (χ0n) is 10.3. The third kappa shape index (κ3) is 3.77. The first-order valence-corrected chi connectivity index (χ1v) is 7.87. The Hall–Kier alpha value is -1.95. The van der Waals surface area contributed by atoms with E-state index in [1.807, 2.05) is 0 Å². The maximum atomic E-state index is 12.0. The molecule has 0 aliphatic rings. The topological polar surface area (TPSA) is 92.2 Å². The number of benzene rings is 1. The molecule has 2 N–H and O–H groups in total. The summed E-state index contributed by atoms with van der Waals surface area (Å²) in [5.74, 6) is 5.59. The fourth-order valence-corrected chi connectivity index (χ4v) is 3.03. The molecule has 0 saturated heterocycles. The molecule has 0 aliphatic heterocycles. The maximum absolute atomic E-state index is 12.0. The van der Waals surface area contributed by atoms with Crippen LogP contribution in [0.3, 0.4) is 0 Å². The highest BCUT2D eigenvalue weighted by Crippen LogP contribution is 2.17. The van der Waals surface area contributed by atoms with E-state index in [-0.39, 0.29) is 11.5 Å². The average Bonchev–Trinajstić information content (AvgIpc) is 2.92. The quantitative estimate of drug-likeness (QED) is 0.824. The molecule has 0 fully saturated rings. The number of nitrogens with zero attached hydrogens (tertiary/aromatic N) is 2. The Labute approximate surface area is 120 Å². The molecule has 0 amide bonds. The molecule has 20 heavy (non-hydrogen) atoms. The Morgan fingerprint density at radius 2 is 2.05 bits per heavy atom. The van der Waals surface area contributed by atoms with Crippen LogP contribution in [0.15, 0.2) is 35.4 Å². The SMILES string of the molecule is O=S(=O)(Nc1cnns1)c1ccc(C#CCCO)cc1.